The molecule has 1 heterocycles. The van der Waals surface area contributed by atoms with Crippen LogP contribution in [0.3, 0.4) is 0 Å². The zero-order valence-corrected chi connectivity index (χ0v) is 3.77. The molecule has 2 heteroatoms. The van der Waals surface area contributed by atoms with Gasteiger partial charge in [-0.05, 0) is 5.82 Å². The maximum Gasteiger partial charge on any atom is 0.100 e. The fourth-order valence-electron chi connectivity index (χ4n) is 0.214. The average Bonchev–Trinajstić information content (AvgIpc) is 1.30. The van der Waals surface area contributed by atoms with Crippen LogP contribution in [0, 0.1) is 0 Å². The molecule has 0 radical (unpaired) electrons. The van der Waals surface area contributed by atoms with E-state index in [0.717, 1.165) is 6.16 Å². The molecular weight excluding hydrogens is 83.0 g/mol. The summed E-state index contributed by atoms with van der Waals surface area (Å²) in [5, 5.41) is 0. The quantitative estimate of drug-likeness (QED) is 0.405. The molecule has 0 fully saturated rings. The van der Waals surface area contributed by atoms with Crippen LogP contribution < -0.4 is 0 Å². The van der Waals surface area contributed by atoms with Crippen molar-refractivity contribution in [1.82, 2.24) is 0 Å². The van der Waals surface area contributed by atoms with E-state index in [1.54, 1.807) is 5.82 Å². The third-order valence-corrected chi connectivity index (χ3v) is 1.87. The summed E-state index contributed by atoms with van der Waals surface area (Å²) in [6.45, 7) is 0. The van der Waals surface area contributed by atoms with Gasteiger partial charge in [-0.2, -0.15) is 0 Å². The number of allylic oxidation sites excluding steroid dienone is 1. The molecule has 5 heavy (non-hydrogen) atoms. The zero-order valence-electron chi connectivity index (χ0n) is 2.77. The summed E-state index contributed by atoms with van der Waals surface area (Å²) >= 11 is 0. The molecule has 1 aliphatic heterocycles. The van der Waals surface area contributed by atoms with Crippen molar-refractivity contribution in [2.24, 2.45) is 0 Å². The molecule has 1 rings (SSSR count). The minimum absolute atomic E-state index is 0.852. The van der Waals surface area contributed by atoms with Gasteiger partial charge in [0.1, 0.15) is 7.80 Å². The van der Waals surface area contributed by atoms with Gasteiger partial charge in [0.05, 0.1) is 0 Å². The molecule has 1 nitrogen and oxygen atoms in total. The first kappa shape index (κ1) is 3.17. The van der Waals surface area contributed by atoms with Crippen LogP contribution in [0.2, 0.25) is 0 Å². The van der Waals surface area contributed by atoms with Gasteiger partial charge in [-0.15, -0.1) is 0 Å². The molecule has 1 atom stereocenters. The van der Waals surface area contributed by atoms with Gasteiger partial charge >= 0.3 is 0 Å². The van der Waals surface area contributed by atoms with Crippen molar-refractivity contribution in [3.8, 4) is 0 Å². The highest BCUT2D eigenvalue weighted by Gasteiger charge is 1.95. The van der Waals surface area contributed by atoms with E-state index in [1.165, 1.54) is 0 Å². The standard InChI is InChI=1S/C3H5OP/c4-5-2-1-3-5/h1-2,5H,3H2. The van der Waals surface area contributed by atoms with Crippen molar-refractivity contribution in [2.45, 2.75) is 0 Å². The van der Waals surface area contributed by atoms with Crippen LogP contribution in [0.1, 0.15) is 0 Å². The molecule has 0 N–H and O–H groups in total. The second kappa shape index (κ2) is 0.983. The van der Waals surface area contributed by atoms with Gasteiger partial charge in [-0.1, -0.05) is 6.08 Å². The molecule has 0 aliphatic carbocycles. The molecule has 0 aromatic carbocycles. The normalized spacial score (nSPS) is 33.2. The lowest BCUT2D eigenvalue weighted by molar-refractivity contribution is 0.592. The minimum Gasteiger partial charge on any atom is -0.322 e. The number of hydrogen-bond acceptors (Lipinski definition) is 1. The van der Waals surface area contributed by atoms with Crippen molar-refractivity contribution < 1.29 is 4.57 Å². The first-order valence-corrected chi connectivity index (χ1v) is 3.28. The molecule has 0 aromatic rings. The van der Waals surface area contributed by atoms with Crippen LogP contribution >= 0.6 is 7.80 Å². The summed E-state index contributed by atoms with van der Waals surface area (Å²) in [6, 6.07) is 0. The Hall–Kier alpha value is -0.0300. The van der Waals surface area contributed by atoms with Crippen LogP contribution in [-0.2, 0) is 4.57 Å². The predicted octanol–water partition coefficient (Wildman–Crippen LogP) is 1.07. The molecule has 0 spiro atoms. The van der Waals surface area contributed by atoms with Crippen molar-refractivity contribution in [2.75, 3.05) is 6.16 Å². The fourth-order valence-corrected chi connectivity index (χ4v) is 0.642. The molecule has 28 valence electrons. The van der Waals surface area contributed by atoms with E-state index in [0.29, 0.717) is 0 Å². The van der Waals surface area contributed by atoms with E-state index in [4.69, 9.17) is 0 Å². The first-order valence-electron chi connectivity index (χ1n) is 1.59. The average molecular weight is 88.0 g/mol. The Morgan fingerprint density at radius 2 is 2.20 bits per heavy atom. The van der Waals surface area contributed by atoms with Crippen molar-refractivity contribution in [3.05, 3.63) is 11.9 Å². The molecule has 0 amide bonds. The Kier molecular flexibility index (Phi) is 0.623. The molecule has 0 aromatic heterocycles. The van der Waals surface area contributed by atoms with Crippen LogP contribution in [0.4, 0.5) is 0 Å². The maximum atomic E-state index is 10.00. The van der Waals surface area contributed by atoms with E-state index in [1.807, 2.05) is 6.08 Å². The van der Waals surface area contributed by atoms with Crippen molar-refractivity contribution in [1.29, 1.82) is 0 Å². The summed E-state index contributed by atoms with van der Waals surface area (Å²) in [5.74, 6) is 1.77. The van der Waals surface area contributed by atoms with Crippen LogP contribution in [0.15, 0.2) is 11.9 Å². The van der Waals surface area contributed by atoms with Gasteiger partial charge in [-0.25, -0.2) is 0 Å². The van der Waals surface area contributed by atoms with Gasteiger partial charge in [0, 0.05) is 6.16 Å². The van der Waals surface area contributed by atoms with Crippen LogP contribution in [-0.4, -0.2) is 6.16 Å². The topological polar surface area (TPSA) is 17.1 Å². The van der Waals surface area contributed by atoms with E-state index < -0.39 is 7.80 Å². The van der Waals surface area contributed by atoms with Gasteiger partial charge < -0.3 is 4.57 Å². The highest BCUT2D eigenvalue weighted by molar-refractivity contribution is 7.50. The summed E-state index contributed by atoms with van der Waals surface area (Å²) in [6.07, 6.45) is 2.78. The fraction of sp³-hybridized carbons (Fsp3) is 0.333. The lowest BCUT2D eigenvalue weighted by Crippen LogP contribution is -1.73. The minimum atomic E-state index is -1.12. The SMILES string of the molecule is O=[PH]1C=CC1. The van der Waals surface area contributed by atoms with Gasteiger partial charge in [0.2, 0.25) is 0 Å². The summed E-state index contributed by atoms with van der Waals surface area (Å²) in [5.41, 5.74) is 0. The smallest absolute Gasteiger partial charge is 0.100 e. The zero-order chi connectivity index (χ0) is 3.70. The van der Waals surface area contributed by atoms with Gasteiger partial charge in [0.15, 0.2) is 0 Å². The Labute approximate surface area is 31.5 Å². The van der Waals surface area contributed by atoms with E-state index in [9.17, 15) is 4.57 Å². The molecule has 0 bridgehead atoms. The monoisotopic (exact) mass is 88.0 g/mol. The first-order chi connectivity index (χ1) is 2.39. The van der Waals surface area contributed by atoms with Crippen LogP contribution in [0.5, 0.6) is 0 Å². The third kappa shape index (κ3) is 0.432. The van der Waals surface area contributed by atoms with Crippen molar-refractivity contribution >= 4 is 7.80 Å². The molecular formula is C3H5OP. The Bertz CT molecular complexity index is 84.9. The maximum absolute atomic E-state index is 10.00. The molecule has 1 unspecified atom stereocenters. The summed E-state index contributed by atoms with van der Waals surface area (Å²) in [4.78, 5) is 0. The molecule has 0 saturated heterocycles. The lowest BCUT2D eigenvalue weighted by atomic mass is 10.7. The van der Waals surface area contributed by atoms with Gasteiger partial charge in [-0.3, -0.25) is 0 Å². The highest BCUT2D eigenvalue weighted by Crippen LogP contribution is 2.29. The van der Waals surface area contributed by atoms with Crippen LogP contribution in [0.25, 0.3) is 0 Å². The Balaban J connectivity index is 2.71. The third-order valence-electron chi connectivity index (χ3n) is 0.623. The van der Waals surface area contributed by atoms with E-state index in [-0.39, 0.29) is 0 Å². The number of rotatable bonds is 0. The van der Waals surface area contributed by atoms with Crippen molar-refractivity contribution in [3.63, 3.8) is 0 Å². The van der Waals surface area contributed by atoms with Gasteiger partial charge in [0.25, 0.3) is 0 Å². The second-order valence-electron chi connectivity index (χ2n) is 1.07. The van der Waals surface area contributed by atoms with E-state index >= 15 is 0 Å². The Morgan fingerprint density at radius 1 is 1.80 bits per heavy atom. The predicted molar refractivity (Wildman–Crippen MR) is 23.0 cm³/mol. The lowest BCUT2D eigenvalue weighted by Gasteiger charge is -1.94. The highest BCUT2D eigenvalue weighted by atomic mass is 31.1. The summed E-state index contributed by atoms with van der Waals surface area (Å²) in [7, 11) is -1.12. The summed E-state index contributed by atoms with van der Waals surface area (Å²) < 4.78 is 10.00. The Morgan fingerprint density at radius 3 is 2.20 bits per heavy atom. The van der Waals surface area contributed by atoms with E-state index in [2.05, 4.69) is 0 Å². The largest absolute Gasteiger partial charge is 0.322 e. The number of hydrogen-bond donors (Lipinski definition) is 0. The molecule has 0 saturated carbocycles. The molecule has 1 aliphatic rings. The second-order valence-corrected chi connectivity index (χ2v) is 2.75.